The number of furan rings is 1. The van der Waals surface area contributed by atoms with Crippen molar-refractivity contribution in [3.63, 3.8) is 0 Å². The quantitative estimate of drug-likeness (QED) is 0.197. The number of nitrogens with zero attached hydrogens (tertiary/aromatic N) is 3. The van der Waals surface area contributed by atoms with Gasteiger partial charge < -0.3 is 20.8 Å². The van der Waals surface area contributed by atoms with Crippen LogP contribution in [0, 0.1) is 0 Å². The number of aromatic nitrogens is 3. The zero-order chi connectivity index (χ0) is 28.8. The number of nitrogens with one attached hydrogen (secondary N) is 2. The van der Waals surface area contributed by atoms with Gasteiger partial charge in [-0.05, 0) is 80.1 Å². The molecule has 206 valence electrons. The smallest absolute Gasteiger partial charge is 0.255 e. The fraction of sp³-hybridized carbons (Fsp3) is 0.0882. The third-order valence-corrected chi connectivity index (χ3v) is 7.35. The van der Waals surface area contributed by atoms with Crippen LogP contribution in [0.4, 0.5) is 17.3 Å². The minimum Gasteiger partial charge on any atom is -0.455 e. The van der Waals surface area contributed by atoms with Crippen LogP contribution in [0.15, 0.2) is 114 Å². The second-order valence-electron chi connectivity index (χ2n) is 10.9. The molecular formula is C34H28N6O2. The van der Waals surface area contributed by atoms with Crippen LogP contribution >= 0.6 is 0 Å². The first-order chi connectivity index (χ1) is 20.3. The molecule has 0 radical (unpaired) electrons. The summed E-state index contributed by atoms with van der Waals surface area (Å²) in [6.07, 6.45) is 1.74. The molecule has 0 unspecified atom stereocenters. The van der Waals surface area contributed by atoms with E-state index in [1.807, 2.05) is 92.7 Å². The van der Waals surface area contributed by atoms with E-state index in [1.165, 1.54) is 0 Å². The van der Waals surface area contributed by atoms with Crippen molar-refractivity contribution in [3.05, 3.63) is 120 Å². The van der Waals surface area contributed by atoms with E-state index in [1.54, 1.807) is 22.8 Å². The number of benzene rings is 4. The lowest BCUT2D eigenvalue weighted by molar-refractivity contribution is 0.102. The van der Waals surface area contributed by atoms with Crippen LogP contribution in [0.2, 0.25) is 0 Å². The third-order valence-electron chi connectivity index (χ3n) is 7.35. The molecule has 4 aromatic carbocycles. The summed E-state index contributed by atoms with van der Waals surface area (Å²) < 4.78 is 8.02. The number of rotatable bonds is 6. The van der Waals surface area contributed by atoms with E-state index >= 15 is 0 Å². The molecule has 3 aromatic heterocycles. The van der Waals surface area contributed by atoms with E-state index in [9.17, 15) is 4.79 Å². The Hall–Kier alpha value is -5.47. The molecule has 0 aliphatic rings. The van der Waals surface area contributed by atoms with Gasteiger partial charge in [0.25, 0.3) is 5.91 Å². The zero-order valence-corrected chi connectivity index (χ0v) is 23.1. The molecule has 0 spiro atoms. The van der Waals surface area contributed by atoms with Gasteiger partial charge >= 0.3 is 0 Å². The lowest BCUT2D eigenvalue weighted by Gasteiger charge is -2.19. The van der Waals surface area contributed by atoms with Crippen molar-refractivity contribution in [1.82, 2.24) is 14.6 Å². The summed E-state index contributed by atoms with van der Waals surface area (Å²) >= 11 is 0. The van der Waals surface area contributed by atoms with Gasteiger partial charge in [-0.25, -0.2) is 9.50 Å². The highest BCUT2D eigenvalue weighted by molar-refractivity contribution is 6.09. The zero-order valence-electron chi connectivity index (χ0n) is 23.1. The van der Waals surface area contributed by atoms with Crippen LogP contribution in [0.25, 0.3) is 38.7 Å². The van der Waals surface area contributed by atoms with Gasteiger partial charge in [0.05, 0.1) is 17.4 Å². The Bertz CT molecular complexity index is 2080. The Morgan fingerprint density at radius 2 is 1.60 bits per heavy atom. The first kappa shape index (κ1) is 25.5. The Labute approximate surface area is 241 Å². The van der Waals surface area contributed by atoms with Crippen LogP contribution in [-0.2, 0) is 5.54 Å². The molecule has 1 amide bonds. The first-order valence-electron chi connectivity index (χ1n) is 13.7. The molecule has 0 bridgehead atoms. The standard InChI is InChI=1S/C34H28N6O2/c1-34(2,35)22-12-10-21(11-13-22)32(41)37-23-14-16-24(17-15-23)38-33-39-29(20-25-18-19-36-40(25)33)28-8-5-7-27-26-6-3-4-9-30(26)42-31(27)28/h3-20H,35H2,1-2H3,(H,37,41)(H,38,39). The molecule has 42 heavy (non-hydrogen) atoms. The number of carbonyl (C=O) groups is 1. The number of carbonyl (C=O) groups excluding carboxylic acids is 1. The molecule has 0 saturated heterocycles. The van der Waals surface area contributed by atoms with Gasteiger partial charge in [0.1, 0.15) is 11.2 Å². The highest BCUT2D eigenvalue weighted by atomic mass is 16.3. The SMILES string of the molecule is CC(C)(N)c1ccc(C(=O)Nc2ccc(Nc3nc(-c4cccc5c4oc4ccccc45)cc4ccnn34)cc2)cc1. The predicted molar refractivity (Wildman–Crippen MR) is 167 cm³/mol. The minimum absolute atomic E-state index is 0.190. The number of amides is 1. The van der Waals surface area contributed by atoms with Gasteiger partial charge in [0.2, 0.25) is 5.95 Å². The van der Waals surface area contributed by atoms with E-state index in [-0.39, 0.29) is 5.91 Å². The second-order valence-corrected chi connectivity index (χ2v) is 10.9. The normalized spacial score (nSPS) is 11.8. The van der Waals surface area contributed by atoms with Crippen molar-refractivity contribution < 1.29 is 9.21 Å². The molecule has 0 aliphatic heterocycles. The highest BCUT2D eigenvalue weighted by Crippen LogP contribution is 2.36. The summed E-state index contributed by atoms with van der Waals surface area (Å²) in [4.78, 5) is 17.7. The summed E-state index contributed by atoms with van der Waals surface area (Å²) in [5.41, 5.74) is 12.9. The average Bonchev–Trinajstić information content (AvgIpc) is 3.63. The van der Waals surface area contributed by atoms with Crippen molar-refractivity contribution in [1.29, 1.82) is 0 Å². The predicted octanol–water partition coefficient (Wildman–Crippen LogP) is 7.49. The molecule has 0 fully saturated rings. The molecule has 0 saturated carbocycles. The van der Waals surface area contributed by atoms with E-state index in [0.717, 1.165) is 50.0 Å². The van der Waals surface area contributed by atoms with Crippen molar-refractivity contribution in [3.8, 4) is 11.3 Å². The lowest BCUT2D eigenvalue weighted by Crippen LogP contribution is -2.28. The summed E-state index contributed by atoms with van der Waals surface area (Å²) in [5, 5.41) is 12.9. The van der Waals surface area contributed by atoms with Crippen LogP contribution in [-0.4, -0.2) is 20.5 Å². The molecule has 3 heterocycles. The van der Waals surface area contributed by atoms with E-state index in [0.29, 0.717) is 17.2 Å². The average molecular weight is 553 g/mol. The number of nitrogens with two attached hydrogens (primary N) is 1. The van der Waals surface area contributed by atoms with Gasteiger partial charge in [-0.2, -0.15) is 5.10 Å². The van der Waals surface area contributed by atoms with Gasteiger partial charge in [0, 0.05) is 38.8 Å². The number of para-hydroxylation sites is 2. The summed E-state index contributed by atoms with van der Waals surface area (Å²) in [6, 6.07) is 32.9. The van der Waals surface area contributed by atoms with Crippen LogP contribution < -0.4 is 16.4 Å². The molecular weight excluding hydrogens is 524 g/mol. The first-order valence-corrected chi connectivity index (χ1v) is 13.7. The molecule has 7 rings (SSSR count). The minimum atomic E-state index is -0.464. The van der Waals surface area contributed by atoms with Crippen molar-refractivity contribution in [2.24, 2.45) is 5.73 Å². The maximum Gasteiger partial charge on any atom is 0.255 e. The molecule has 4 N–H and O–H groups in total. The summed E-state index contributed by atoms with van der Waals surface area (Å²) in [7, 11) is 0. The van der Waals surface area contributed by atoms with Crippen LogP contribution in [0.5, 0.6) is 0 Å². The number of anilines is 3. The largest absolute Gasteiger partial charge is 0.455 e. The molecule has 8 nitrogen and oxygen atoms in total. The van der Waals surface area contributed by atoms with Gasteiger partial charge in [-0.1, -0.05) is 42.5 Å². The molecule has 7 aromatic rings. The Morgan fingerprint density at radius 3 is 2.38 bits per heavy atom. The Morgan fingerprint density at radius 1 is 0.857 bits per heavy atom. The van der Waals surface area contributed by atoms with E-state index in [2.05, 4.69) is 27.9 Å². The molecule has 0 atom stereocenters. The maximum atomic E-state index is 12.8. The highest BCUT2D eigenvalue weighted by Gasteiger charge is 2.17. The van der Waals surface area contributed by atoms with Crippen LogP contribution in [0.1, 0.15) is 29.8 Å². The lowest BCUT2D eigenvalue weighted by atomic mass is 9.95. The second kappa shape index (κ2) is 9.87. The van der Waals surface area contributed by atoms with E-state index < -0.39 is 5.54 Å². The van der Waals surface area contributed by atoms with E-state index in [4.69, 9.17) is 15.1 Å². The van der Waals surface area contributed by atoms with Crippen molar-refractivity contribution >= 4 is 50.7 Å². The Balaban J connectivity index is 1.16. The number of hydrogen-bond acceptors (Lipinski definition) is 6. The summed E-state index contributed by atoms with van der Waals surface area (Å²) in [5.74, 6) is 0.366. The Kier molecular flexibility index (Phi) is 5.99. The van der Waals surface area contributed by atoms with Crippen molar-refractivity contribution in [2.45, 2.75) is 19.4 Å². The van der Waals surface area contributed by atoms with Gasteiger partial charge in [-0.15, -0.1) is 0 Å². The number of fused-ring (bicyclic) bond motifs is 4. The van der Waals surface area contributed by atoms with Gasteiger partial charge in [0.15, 0.2) is 0 Å². The van der Waals surface area contributed by atoms with Gasteiger partial charge in [-0.3, -0.25) is 4.79 Å². The van der Waals surface area contributed by atoms with Crippen molar-refractivity contribution in [2.75, 3.05) is 10.6 Å². The number of hydrogen-bond donors (Lipinski definition) is 3. The topological polar surface area (TPSA) is 110 Å². The summed E-state index contributed by atoms with van der Waals surface area (Å²) in [6.45, 7) is 3.86. The van der Waals surface area contributed by atoms with Crippen LogP contribution in [0.3, 0.4) is 0 Å². The monoisotopic (exact) mass is 552 g/mol. The maximum absolute atomic E-state index is 12.8. The fourth-order valence-electron chi connectivity index (χ4n) is 5.12. The molecule has 8 heteroatoms. The molecule has 0 aliphatic carbocycles. The third kappa shape index (κ3) is 4.63. The fourth-order valence-corrected chi connectivity index (χ4v) is 5.12.